The molecule has 0 bridgehead atoms. The van der Waals surface area contributed by atoms with E-state index in [0.29, 0.717) is 10.6 Å². The highest BCUT2D eigenvalue weighted by molar-refractivity contribution is 7.17. The van der Waals surface area contributed by atoms with Crippen LogP contribution in [0.1, 0.15) is 16.1 Å². The molecule has 0 aliphatic rings. The van der Waals surface area contributed by atoms with Crippen molar-refractivity contribution in [3.8, 4) is 10.4 Å². The highest BCUT2D eigenvalue weighted by atomic mass is 32.1. The van der Waals surface area contributed by atoms with Crippen LogP contribution >= 0.6 is 11.3 Å². The van der Waals surface area contributed by atoms with Gasteiger partial charge in [0.2, 0.25) is 5.91 Å². The first-order chi connectivity index (χ1) is 12.6. The lowest BCUT2D eigenvalue weighted by atomic mass is 10.2. The molecule has 132 valence electrons. The number of halogens is 1. The molecule has 0 saturated heterocycles. The number of hydrogen-bond donors (Lipinski definition) is 2. The van der Waals surface area contributed by atoms with Gasteiger partial charge in [0.1, 0.15) is 5.82 Å². The van der Waals surface area contributed by atoms with E-state index in [0.717, 1.165) is 10.4 Å². The summed E-state index contributed by atoms with van der Waals surface area (Å²) >= 11 is 1.32. The van der Waals surface area contributed by atoms with E-state index in [2.05, 4.69) is 15.6 Å². The normalized spacial score (nSPS) is 10.3. The maximum absolute atomic E-state index is 13.0. The van der Waals surface area contributed by atoms with E-state index in [-0.39, 0.29) is 30.6 Å². The zero-order valence-corrected chi connectivity index (χ0v) is 14.6. The average Bonchev–Trinajstić information content (AvgIpc) is 3.13. The standard InChI is InChI=1S/C19H16FN3O2S/c20-14-5-3-13(4-6-14)16-7-8-17(26-16)19(25)22-11-9-18(24)23-15-2-1-10-21-12-15/h1-8,10,12H,9,11H2,(H,22,25)(H,23,24). The third-order valence-electron chi connectivity index (χ3n) is 3.54. The first-order valence-corrected chi connectivity index (χ1v) is 8.77. The molecule has 3 rings (SSSR count). The number of aromatic nitrogens is 1. The predicted molar refractivity (Wildman–Crippen MR) is 99.5 cm³/mol. The van der Waals surface area contributed by atoms with Crippen molar-refractivity contribution >= 4 is 28.8 Å². The van der Waals surface area contributed by atoms with Crippen molar-refractivity contribution in [2.45, 2.75) is 6.42 Å². The van der Waals surface area contributed by atoms with Crippen LogP contribution in [-0.4, -0.2) is 23.3 Å². The minimum atomic E-state index is -0.298. The van der Waals surface area contributed by atoms with Crippen molar-refractivity contribution in [2.24, 2.45) is 0 Å². The van der Waals surface area contributed by atoms with Gasteiger partial charge >= 0.3 is 0 Å². The average molecular weight is 369 g/mol. The van der Waals surface area contributed by atoms with E-state index in [1.807, 2.05) is 6.07 Å². The highest BCUT2D eigenvalue weighted by Gasteiger charge is 2.11. The van der Waals surface area contributed by atoms with Crippen molar-refractivity contribution in [2.75, 3.05) is 11.9 Å². The van der Waals surface area contributed by atoms with Crippen molar-refractivity contribution in [3.05, 3.63) is 71.6 Å². The monoisotopic (exact) mass is 369 g/mol. The molecule has 2 N–H and O–H groups in total. The van der Waals surface area contributed by atoms with Gasteiger partial charge in [-0.15, -0.1) is 11.3 Å². The van der Waals surface area contributed by atoms with Crippen LogP contribution in [0, 0.1) is 5.82 Å². The molecule has 0 unspecified atom stereocenters. The number of nitrogens with zero attached hydrogens (tertiary/aromatic N) is 1. The maximum atomic E-state index is 13.0. The van der Waals surface area contributed by atoms with Gasteiger partial charge in [-0.2, -0.15) is 0 Å². The SMILES string of the molecule is O=C(CCNC(=O)c1ccc(-c2ccc(F)cc2)s1)Nc1cccnc1. The van der Waals surface area contributed by atoms with Gasteiger partial charge in [0, 0.05) is 24.0 Å². The third-order valence-corrected chi connectivity index (χ3v) is 4.67. The molecular weight excluding hydrogens is 353 g/mol. The topological polar surface area (TPSA) is 71.1 Å². The Morgan fingerprint density at radius 1 is 1.08 bits per heavy atom. The Hall–Kier alpha value is -3.06. The zero-order chi connectivity index (χ0) is 18.4. The van der Waals surface area contributed by atoms with Gasteiger partial charge in [-0.25, -0.2) is 4.39 Å². The largest absolute Gasteiger partial charge is 0.351 e. The van der Waals surface area contributed by atoms with Crippen LogP contribution < -0.4 is 10.6 Å². The molecule has 0 radical (unpaired) electrons. The molecule has 2 aromatic heterocycles. The molecule has 0 fully saturated rings. The number of carbonyl (C=O) groups is 2. The second-order valence-corrected chi connectivity index (χ2v) is 6.55. The van der Waals surface area contributed by atoms with Crippen LogP contribution in [0.3, 0.4) is 0 Å². The molecule has 26 heavy (non-hydrogen) atoms. The number of amides is 2. The van der Waals surface area contributed by atoms with Crippen LogP contribution in [0.5, 0.6) is 0 Å². The number of benzene rings is 1. The summed E-state index contributed by atoms with van der Waals surface area (Å²) in [5, 5.41) is 5.43. The summed E-state index contributed by atoms with van der Waals surface area (Å²) in [6, 6.07) is 13.1. The first-order valence-electron chi connectivity index (χ1n) is 7.96. The number of anilines is 1. The third kappa shape index (κ3) is 4.73. The molecule has 0 saturated carbocycles. The molecule has 0 aliphatic heterocycles. The zero-order valence-electron chi connectivity index (χ0n) is 13.7. The second-order valence-electron chi connectivity index (χ2n) is 5.47. The number of hydrogen-bond acceptors (Lipinski definition) is 4. The van der Waals surface area contributed by atoms with Gasteiger partial charge in [-0.3, -0.25) is 14.6 Å². The molecule has 5 nitrogen and oxygen atoms in total. The summed E-state index contributed by atoms with van der Waals surface area (Å²) in [6.45, 7) is 0.231. The van der Waals surface area contributed by atoms with Crippen LogP contribution in [0.2, 0.25) is 0 Å². The van der Waals surface area contributed by atoms with Gasteiger partial charge in [-0.1, -0.05) is 12.1 Å². The molecule has 2 heterocycles. The van der Waals surface area contributed by atoms with Crippen molar-refractivity contribution in [1.29, 1.82) is 0 Å². The fourth-order valence-electron chi connectivity index (χ4n) is 2.27. The fourth-order valence-corrected chi connectivity index (χ4v) is 3.19. The Bertz CT molecular complexity index is 895. The van der Waals surface area contributed by atoms with Crippen molar-refractivity contribution in [1.82, 2.24) is 10.3 Å². The van der Waals surface area contributed by atoms with E-state index in [1.165, 1.54) is 23.5 Å². The summed E-state index contributed by atoms with van der Waals surface area (Å²) in [6.07, 6.45) is 3.34. The Labute approximate surface area is 153 Å². The summed E-state index contributed by atoms with van der Waals surface area (Å²) in [5.74, 6) is -0.734. The lowest BCUT2D eigenvalue weighted by molar-refractivity contribution is -0.116. The van der Waals surface area contributed by atoms with E-state index in [4.69, 9.17) is 0 Å². The second kappa shape index (κ2) is 8.35. The number of rotatable bonds is 6. The number of nitrogens with one attached hydrogen (secondary N) is 2. The first kappa shape index (κ1) is 17.8. The van der Waals surface area contributed by atoms with Crippen LogP contribution in [0.25, 0.3) is 10.4 Å². The summed E-state index contributed by atoms with van der Waals surface area (Å²) in [5.41, 5.74) is 1.47. The molecular formula is C19H16FN3O2S. The lowest BCUT2D eigenvalue weighted by Gasteiger charge is -2.05. The van der Waals surface area contributed by atoms with E-state index in [9.17, 15) is 14.0 Å². The maximum Gasteiger partial charge on any atom is 0.261 e. The molecule has 7 heteroatoms. The van der Waals surface area contributed by atoms with E-state index >= 15 is 0 Å². The predicted octanol–water partition coefficient (Wildman–Crippen LogP) is 3.71. The fraction of sp³-hybridized carbons (Fsp3) is 0.105. The van der Waals surface area contributed by atoms with E-state index < -0.39 is 0 Å². The van der Waals surface area contributed by atoms with Gasteiger partial charge < -0.3 is 10.6 Å². The molecule has 2 amide bonds. The van der Waals surface area contributed by atoms with Gasteiger partial charge in [-0.05, 0) is 42.0 Å². The lowest BCUT2D eigenvalue weighted by Crippen LogP contribution is -2.27. The quantitative estimate of drug-likeness (QED) is 0.696. The number of thiophene rings is 1. The van der Waals surface area contributed by atoms with Gasteiger partial charge in [0.15, 0.2) is 0 Å². The van der Waals surface area contributed by atoms with E-state index in [1.54, 1.807) is 42.7 Å². The molecule has 1 aromatic carbocycles. The number of pyridine rings is 1. The molecule has 0 aliphatic carbocycles. The van der Waals surface area contributed by atoms with Crippen LogP contribution in [0.15, 0.2) is 60.9 Å². The number of carbonyl (C=O) groups excluding carboxylic acids is 2. The van der Waals surface area contributed by atoms with Gasteiger partial charge in [0.25, 0.3) is 5.91 Å². The van der Waals surface area contributed by atoms with Crippen LogP contribution in [0.4, 0.5) is 10.1 Å². The Morgan fingerprint density at radius 2 is 1.88 bits per heavy atom. The van der Waals surface area contributed by atoms with Crippen molar-refractivity contribution in [3.63, 3.8) is 0 Å². The minimum Gasteiger partial charge on any atom is -0.351 e. The van der Waals surface area contributed by atoms with Crippen LogP contribution in [-0.2, 0) is 4.79 Å². The minimum absolute atomic E-state index is 0.164. The summed E-state index contributed by atoms with van der Waals surface area (Å²) in [4.78, 5) is 29.3. The molecule has 3 aromatic rings. The summed E-state index contributed by atoms with van der Waals surface area (Å²) < 4.78 is 13.0. The Kier molecular flexibility index (Phi) is 5.70. The van der Waals surface area contributed by atoms with Crippen molar-refractivity contribution < 1.29 is 14.0 Å². The molecule has 0 spiro atoms. The Balaban J connectivity index is 1.49. The van der Waals surface area contributed by atoms with Gasteiger partial charge in [0.05, 0.1) is 16.8 Å². The smallest absolute Gasteiger partial charge is 0.261 e. The molecule has 0 atom stereocenters. The highest BCUT2D eigenvalue weighted by Crippen LogP contribution is 2.28. The Morgan fingerprint density at radius 3 is 2.62 bits per heavy atom. The summed E-state index contributed by atoms with van der Waals surface area (Å²) in [7, 11) is 0.